The van der Waals surface area contributed by atoms with E-state index in [0.717, 1.165) is 0 Å². The first-order chi connectivity index (χ1) is 8.49. The molecule has 0 unspecified atom stereocenters. The summed E-state index contributed by atoms with van der Waals surface area (Å²) >= 11 is 0. The van der Waals surface area contributed by atoms with Gasteiger partial charge >= 0.3 is 0 Å². The molecule has 0 fully saturated rings. The number of aliphatic hydroxyl groups is 2. The van der Waals surface area contributed by atoms with Crippen LogP contribution in [0.5, 0.6) is 11.5 Å². The summed E-state index contributed by atoms with van der Waals surface area (Å²) in [7, 11) is 0. The van der Waals surface area contributed by atoms with Crippen LogP contribution in [0.25, 0.3) is 0 Å². The highest BCUT2D eigenvalue weighted by atomic mass is 16.3. The molecule has 0 heterocycles. The maximum atomic E-state index is 11.7. The number of carbonyl (C=O) groups excluding carboxylic acids is 2. The van der Waals surface area contributed by atoms with Crippen molar-refractivity contribution in [3.05, 3.63) is 23.8 Å². The minimum Gasteiger partial charge on any atom is -0.504 e. The van der Waals surface area contributed by atoms with Gasteiger partial charge in [-0.3, -0.25) is 4.79 Å². The largest absolute Gasteiger partial charge is 0.504 e. The zero-order valence-electron chi connectivity index (χ0n) is 9.33. The van der Waals surface area contributed by atoms with E-state index in [2.05, 4.69) is 5.32 Å². The molecule has 0 aliphatic heterocycles. The van der Waals surface area contributed by atoms with E-state index >= 15 is 0 Å². The Morgan fingerprint density at radius 2 is 1.89 bits per heavy atom. The molecule has 1 amide bonds. The van der Waals surface area contributed by atoms with Crippen molar-refractivity contribution < 1.29 is 30.0 Å². The third-order valence-corrected chi connectivity index (χ3v) is 2.41. The van der Waals surface area contributed by atoms with E-state index < -0.39 is 36.2 Å². The number of aromatic hydroxyl groups is 2. The number of phenolic OH excluding ortho intramolecular Hbond substituents is 2. The molecule has 7 nitrogen and oxygen atoms in total. The van der Waals surface area contributed by atoms with Crippen molar-refractivity contribution in [2.24, 2.45) is 0 Å². The van der Waals surface area contributed by atoms with Crippen molar-refractivity contribution in [2.75, 3.05) is 13.2 Å². The number of carbonyl (C=O) groups is 2. The van der Waals surface area contributed by atoms with Crippen molar-refractivity contribution in [3.8, 4) is 11.5 Å². The lowest BCUT2D eigenvalue weighted by molar-refractivity contribution is -0.116. The normalized spacial score (nSPS) is 11.0. The number of nitrogens with one attached hydrogen (secondary N) is 1. The van der Waals surface area contributed by atoms with E-state index in [1.54, 1.807) is 0 Å². The molecule has 0 radical (unpaired) electrons. The highest BCUT2D eigenvalue weighted by Crippen LogP contribution is 2.28. The van der Waals surface area contributed by atoms with Gasteiger partial charge in [0, 0.05) is 0 Å². The summed E-state index contributed by atoms with van der Waals surface area (Å²) in [4.78, 5) is 22.5. The number of rotatable bonds is 5. The first-order valence-electron chi connectivity index (χ1n) is 5.01. The monoisotopic (exact) mass is 255 g/mol. The smallest absolute Gasteiger partial charge is 0.256 e. The fraction of sp³-hybridized carbons (Fsp3) is 0.273. The first-order valence-corrected chi connectivity index (χ1v) is 5.01. The second-order valence-corrected chi connectivity index (χ2v) is 3.72. The summed E-state index contributed by atoms with van der Waals surface area (Å²) in [5, 5.41) is 38.7. The molecule has 1 aromatic carbocycles. The third-order valence-electron chi connectivity index (χ3n) is 2.41. The number of aldehydes is 1. The van der Waals surface area contributed by atoms with Crippen molar-refractivity contribution in [1.82, 2.24) is 5.32 Å². The molecule has 1 rings (SSSR count). The van der Waals surface area contributed by atoms with E-state index in [4.69, 9.17) is 10.2 Å². The predicted molar refractivity (Wildman–Crippen MR) is 60.2 cm³/mol. The molecule has 0 aliphatic rings. The number of hydrogen-bond donors (Lipinski definition) is 5. The SMILES string of the molecule is O=CC(CO)(CO)NC(=O)c1cccc(O)c1O. The van der Waals surface area contributed by atoms with E-state index in [9.17, 15) is 19.8 Å². The van der Waals surface area contributed by atoms with E-state index in [1.165, 1.54) is 18.2 Å². The van der Waals surface area contributed by atoms with Crippen molar-refractivity contribution in [2.45, 2.75) is 5.54 Å². The van der Waals surface area contributed by atoms with Gasteiger partial charge in [-0.2, -0.15) is 0 Å². The molecule has 1 aromatic rings. The maximum absolute atomic E-state index is 11.7. The Hall–Kier alpha value is -2.12. The van der Waals surface area contributed by atoms with E-state index in [0.29, 0.717) is 0 Å². The lowest BCUT2D eigenvalue weighted by atomic mass is 10.0. The fourth-order valence-electron chi connectivity index (χ4n) is 1.24. The van der Waals surface area contributed by atoms with Gasteiger partial charge in [-0.05, 0) is 12.1 Å². The predicted octanol–water partition coefficient (Wildman–Crippen LogP) is -1.25. The van der Waals surface area contributed by atoms with Crippen LogP contribution in [0.4, 0.5) is 0 Å². The van der Waals surface area contributed by atoms with E-state index in [-0.39, 0.29) is 11.8 Å². The summed E-state index contributed by atoms with van der Waals surface area (Å²) in [6.45, 7) is -1.59. The number of benzene rings is 1. The summed E-state index contributed by atoms with van der Waals surface area (Å²) in [6.07, 6.45) is 0.199. The molecule has 0 saturated carbocycles. The van der Waals surface area contributed by atoms with Crippen molar-refractivity contribution >= 4 is 12.2 Å². The second-order valence-electron chi connectivity index (χ2n) is 3.72. The van der Waals surface area contributed by atoms with Gasteiger partial charge in [-0.1, -0.05) is 6.07 Å². The zero-order valence-corrected chi connectivity index (χ0v) is 9.33. The van der Waals surface area contributed by atoms with Crippen LogP contribution in [0.2, 0.25) is 0 Å². The van der Waals surface area contributed by atoms with Gasteiger partial charge in [-0.15, -0.1) is 0 Å². The molecule has 0 saturated heterocycles. The van der Waals surface area contributed by atoms with Gasteiger partial charge in [-0.25, -0.2) is 0 Å². The Labute approximate surface area is 102 Å². The lowest BCUT2D eigenvalue weighted by Gasteiger charge is -2.24. The van der Waals surface area contributed by atoms with Crippen LogP contribution < -0.4 is 5.32 Å². The minimum atomic E-state index is -1.82. The Morgan fingerprint density at radius 1 is 1.28 bits per heavy atom. The standard InChI is InChI=1S/C11H13NO6/c13-4-11(5-14,6-15)12-10(18)7-2-1-3-8(16)9(7)17/h1-4,14-17H,5-6H2,(H,12,18). The fourth-order valence-corrected chi connectivity index (χ4v) is 1.24. The second kappa shape index (κ2) is 5.48. The number of hydrogen-bond acceptors (Lipinski definition) is 6. The summed E-state index contributed by atoms with van der Waals surface area (Å²) in [5.41, 5.74) is -2.10. The molecule has 18 heavy (non-hydrogen) atoms. The van der Waals surface area contributed by atoms with E-state index in [1.807, 2.05) is 0 Å². The van der Waals surface area contributed by atoms with Crippen LogP contribution in [-0.2, 0) is 4.79 Å². The molecular formula is C11H13NO6. The van der Waals surface area contributed by atoms with Crippen molar-refractivity contribution in [3.63, 3.8) is 0 Å². The quantitative estimate of drug-likeness (QED) is 0.330. The average Bonchev–Trinajstić information content (AvgIpc) is 2.39. The maximum Gasteiger partial charge on any atom is 0.256 e. The van der Waals surface area contributed by atoms with Crippen LogP contribution in [-0.4, -0.2) is 51.4 Å². The van der Waals surface area contributed by atoms with Gasteiger partial charge in [0.2, 0.25) is 0 Å². The molecule has 0 aromatic heterocycles. The Kier molecular flexibility index (Phi) is 4.24. The van der Waals surface area contributed by atoms with Crippen LogP contribution in [0.3, 0.4) is 0 Å². The van der Waals surface area contributed by atoms with Gasteiger partial charge in [0.15, 0.2) is 11.5 Å². The van der Waals surface area contributed by atoms with Gasteiger partial charge in [0.05, 0.1) is 18.8 Å². The molecule has 0 atom stereocenters. The number of phenols is 2. The molecule has 0 bridgehead atoms. The van der Waals surface area contributed by atoms with Crippen LogP contribution in [0, 0.1) is 0 Å². The van der Waals surface area contributed by atoms with Crippen molar-refractivity contribution in [1.29, 1.82) is 0 Å². The Bertz CT molecular complexity index is 455. The Morgan fingerprint density at radius 3 is 2.39 bits per heavy atom. The Balaban J connectivity index is 3.01. The summed E-state index contributed by atoms with van der Waals surface area (Å²) < 4.78 is 0. The van der Waals surface area contributed by atoms with Crippen LogP contribution in [0.15, 0.2) is 18.2 Å². The molecule has 0 aliphatic carbocycles. The lowest BCUT2D eigenvalue weighted by Crippen LogP contribution is -2.55. The summed E-state index contributed by atoms with van der Waals surface area (Å²) in [5.74, 6) is -2.04. The summed E-state index contributed by atoms with van der Waals surface area (Å²) in [6, 6.07) is 3.72. The zero-order chi connectivity index (χ0) is 13.8. The number of aliphatic hydroxyl groups excluding tert-OH is 2. The molecule has 7 heteroatoms. The van der Waals surface area contributed by atoms with Gasteiger partial charge < -0.3 is 30.5 Å². The van der Waals surface area contributed by atoms with Gasteiger partial charge in [0.1, 0.15) is 11.8 Å². The highest BCUT2D eigenvalue weighted by molar-refractivity contribution is 5.99. The molecular weight excluding hydrogens is 242 g/mol. The average molecular weight is 255 g/mol. The highest BCUT2D eigenvalue weighted by Gasteiger charge is 2.31. The minimum absolute atomic E-state index is 0.199. The molecule has 5 N–H and O–H groups in total. The third kappa shape index (κ3) is 2.58. The number of amides is 1. The molecule has 0 spiro atoms. The first kappa shape index (κ1) is 13.9. The van der Waals surface area contributed by atoms with Crippen LogP contribution >= 0.6 is 0 Å². The van der Waals surface area contributed by atoms with Crippen LogP contribution in [0.1, 0.15) is 10.4 Å². The topological polar surface area (TPSA) is 127 Å². The van der Waals surface area contributed by atoms with Gasteiger partial charge in [0.25, 0.3) is 5.91 Å². The number of para-hydroxylation sites is 1. The molecule has 98 valence electrons.